The molecule has 7 rings (SSSR count). The summed E-state index contributed by atoms with van der Waals surface area (Å²) in [6, 6.07) is -1.11. The SMILES string of the molecule is CC(=O)N[C@H]1[C@H](O[C@H]2CC[C@]3(C)[C@H]4CC=C5[C@H]6CC(C)(C)CC[C@]6(C(=O)O)CC[C@@]5(C)[C@]4(C)CC[C@H]3C2(C)C)O[C@H](CO[C@@H]2O[C@H](CO)[C@@H](O)[C@H](O)[C@H]2O)[C@@H](O)[C@@H]1O. The van der Waals surface area contributed by atoms with Crippen LogP contribution >= 0.6 is 0 Å². The maximum Gasteiger partial charge on any atom is 0.310 e. The molecule has 0 spiro atoms. The van der Waals surface area contributed by atoms with Crippen LogP contribution in [0.15, 0.2) is 11.6 Å². The lowest BCUT2D eigenvalue weighted by Gasteiger charge is -2.71. The molecule has 14 heteroatoms. The van der Waals surface area contributed by atoms with Crippen LogP contribution in [0.4, 0.5) is 0 Å². The predicted molar refractivity (Wildman–Crippen MR) is 210 cm³/mol. The molecule has 4 saturated carbocycles. The summed E-state index contributed by atoms with van der Waals surface area (Å²) in [6.07, 6.45) is -2.20. The smallest absolute Gasteiger partial charge is 0.310 e. The molecule has 0 radical (unpaired) electrons. The van der Waals surface area contributed by atoms with E-state index in [1.54, 1.807) is 0 Å². The molecule has 0 aromatic heterocycles. The molecule has 0 aromatic carbocycles. The predicted octanol–water partition coefficient (Wildman–Crippen LogP) is 3.03. The quantitative estimate of drug-likeness (QED) is 0.130. The Labute approximate surface area is 343 Å². The number of carbonyl (C=O) groups is 2. The second-order valence-electron chi connectivity index (χ2n) is 21.4. The number of amides is 1. The number of aliphatic carboxylic acids is 1. The van der Waals surface area contributed by atoms with Crippen LogP contribution in [0.2, 0.25) is 0 Å². The number of rotatable bonds is 8. The lowest BCUT2D eigenvalue weighted by Crippen LogP contribution is -2.67. The summed E-state index contributed by atoms with van der Waals surface area (Å²) >= 11 is 0. The number of nitrogens with one attached hydrogen (secondary N) is 1. The van der Waals surface area contributed by atoms with Gasteiger partial charge in [-0.25, -0.2) is 0 Å². The molecule has 0 bridgehead atoms. The molecule has 58 heavy (non-hydrogen) atoms. The molecule has 2 saturated heterocycles. The van der Waals surface area contributed by atoms with Gasteiger partial charge in [0.2, 0.25) is 5.91 Å². The van der Waals surface area contributed by atoms with E-state index in [4.69, 9.17) is 18.9 Å². The number of carboxylic acids is 1. The van der Waals surface area contributed by atoms with E-state index in [1.165, 1.54) is 12.5 Å². The molecule has 2 aliphatic heterocycles. The van der Waals surface area contributed by atoms with Gasteiger partial charge in [0.1, 0.15) is 48.8 Å². The second kappa shape index (κ2) is 15.3. The highest BCUT2D eigenvalue weighted by Crippen LogP contribution is 2.76. The van der Waals surface area contributed by atoms with Crippen molar-refractivity contribution in [3.63, 3.8) is 0 Å². The Hall–Kier alpha value is -1.72. The molecule has 18 atom stereocenters. The Bertz CT molecular complexity index is 1600. The molecule has 2 heterocycles. The number of allylic oxidation sites excluding steroid dienone is 2. The van der Waals surface area contributed by atoms with E-state index >= 15 is 0 Å². The lowest BCUT2D eigenvalue weighted by molar-refractivity contribution is -0.331. The first-order valence-electron chi connectivity index (χ1n) is 21.8. The number of hydrogen-bond donors (Lipinski definition) is 8. The first-order chi connectivity index (χ1) is 27.0. The van der Waals surface area contributed by atoms with E-state index in [2.05, 4.69) is 59.9 Å². The normalized spacial score (nSPS) is 50.9. The Morgan fingerprint density at radius 3 is 2.10 bits per heavy atom. The fourth-order valence-electron chi connectivity index (χ4n) is 14.0. The van der Waals surface area contributed by atoms with Crippen molar-refractivity contribution in [2.45, 2.75) is 187 Å². The zero-order valence-electron chi connectivity index (χ0n) is 35.7. The van der Waals surface area contributed by atoms with Gasteiger partial charge in [-0.15, -0.1) is 0 Å². The van der Waals surface area contributed by atoms with Crippen molar-refractivity contribution >= 4 is 11.9 Å². The summed E-state index contributed by atoms with van der Waals surface area (Å²) in [6.45, 7) is 16.7. The molecule has 7 aliphatic rings. The summed E-state index contributed by atoms with van der Waals surface area (Å²) < 4.78 is 24.3. The van der Waals surface area contributed by atoms with Gasteiger partial charge in [0.25, 0.3) is 0 Å². The Morgan fingerprint density at radius 1 is 0.793 bits per heavy atom. The molecule has 8 N–H and O–H groups in total. The summed E-state index contributed by atoms with van der Waals surface area (Å²) in [5.74, 6) is -0.389. The third-order valence-electron chi connectivity index (χ3n) is 17.6. The minimum Gasteiger partial charge on any atom is -0.481 e. The monoisotopic (exact) mass is 821 g/mol. The summed E-state index contributed by atoms with van der Waals surface area (Å²) in [5, 5.41) is 76.6. The molecule has 1 amide bonds. The van der Waals surface area contributed by atoms with E-state index in [-0.39, 0.29) is 45.0 Å². The number of hydrogen-bond acceptors (Lipinski definition) is 12. The number of fused-ring (bicyclic) bond motifs is 7. The van der Waals surface area contributed by atoms with Crippen molar-refractivity contribution in [1.82, 2.24) is 5.32 Å². The zero-order valence-corrected chi connectivity index (χ0v) is 35.7. The Morgan fingerprint density at radius 2 is 1.45 bits per heavy atom. The average Bonchev–Trinajstić information content (AvgIpc) is 3.14. The molecular formula is C44H71NO13. The standard InChI is InChI=1S/C44H71NO13/c1-22(47)45-30-33(50)32(49)26(21-55-37-35(52)34(51)31(48)25(20-46)56-37)57-36(30)58-29-12-13-41(6)27(40(29,4)5)11-14-43(8)28(41)10-9-23-24-19-39(2,3)15-17-44(24,38(53)54)18-16-42(23,43)7/h9,24-37,46,48-52H,10-21H2,1-8H3,(H,45,47)(H,53,54)/t24-,25-,26-,27+,28-,29+,30-,31-,32-,33-,34+,35-,36+,37-,41+,42-,43-,44+/m1/s1. The highest BCUT2D eigenvalue weighted by atomic mass is 16.7. The van der Waals surface area contributed by atoms with Gasteiger partial charge in [0.15, 0.2) is 12.6 Å². The van der Waals surface area contributed by atoms with Gasteiger partial charge in [0, 0.05) is 6.92 Å². The van der Waals surface area contributed by atoms with E-state index in [0.29, 0.717) is 18.8 Å². The van der Waals surface area contributed by atoms with Crippen LogP contribution in [0.25, 0.3) is 0 Å². The van der Waals surface area contributed by atoms with Gasteiger partial charge >= 0.3 is 5.97 Å². The highest BCUT2D eigenvalue weighted by molar-refractivity contribution is 5.76. The van der Waals surface area contributed by atoms with Crippen LogP contribution in [0, 0.1) is 50.2 Å². The van der Waals surface area contributed by atoms with Crippen molar-refractivity contribution in [2.75, 3.05) is 13.2 Å². The zero-order chi connectivity index (χ0) is 42.5. The summed E-state index contributed by atoms with van der Waals surface area (Å²) in [5.41, 5.74) is 0.267. The van der Waals surface area contributed by atoms with E-state index in [0.717, 1.165) is 51.4 Å². The molecule has 330 valence electrons. The lowest BCUT2D eigenvalue weighted by atomic mass is 9.33. The summed E-state index contributed by atoms with van der Waals surface area (Å²) in [7, 11) is 0. The number of aliphatic hydroxyl groups is 6. The third kappa shape index (κ3) is 6.82. The minimum absolute atomic E-state index is 0.0181. The van der Waals surface area contributed by atoms with Gasteiger partial charge < -0.3 is 60.0 Å². The third-order valence-corrected chi connectivity index (χ3v) is 17.6. The fourth-order valence-corrected chi connectivity index (χ4v) is 14.0. The largest absolute Gasteiger partial charge is 0.481 e. The molecule has 14 nitrogen and oxygen atoms in total. The van der Waals surface area contributed by atoms with Crippen molar-refractivity contribution in [3.05, 3.63) is 11.6 Å². The van der Waals surface area contributed by atoms with E-state index in [1.807, 2.05) is 0 Å². The van der Waals surface area contributed by atoms with Crippen LogP contribution < -0.4 is 5.32 Å². The highest BCUT2D eigenvalue weighted by Gasteiger charge is 2.69. The van der Waals surface area contributed by atoms with Gasteiger partial charge in [-0.2, -0.15) is 0 Å². The number of carbonyl (C=O) groups excluding carboxylic acids is 1. The Kier molecular flexibility index (Phi) is 11.7. The van der Waals surface area contributed by atoms with Crippen LogP contribution in [0.5, 0.6) is 0 Å². The molecular weight excluding hydrogens is 750 g/mol. The molecule has 0 unspecified atom stereocenters. The first kappa shape index (κ1) is 44.3. The van der Waals surface area contributed by atoms with Crippen molar-refractivity contribution < 1.29 is 64.3 Å². The maximum atomic E-state index is 13.1. The second-order valence-corrected chi connectivity index (χ2v) is 21.4. The van der Waals surface area contributed by atoms with Gasteiger partial charge in [0.05, 0.1) is 24.7 Å². The van der Waals surface area contributed by atoms with Crippen molar-refractivity contribution in [1.29, 1.82) is 0 Å². The van der Waals surface area contributed by atoms with Crippen LogP contribution in [0.1, 0.15) is 120 Å². The fraction of sp³-hybridized carbons (Fsp3) is 0.909. The molecule has 6 fully saturated rings. The van der Waals surface area contributed by atoms with Crippen LogP contribution in [-0.2, 0) is 28.5 Å². The van der Waals surface area contributed by atoms with Crippen molar-refractivity contribution in [3.8, 4) is 0 Å². The van der Waals surface area contributed by atoms with Gasteiger partial charge in [-0.1, -0.05) is 60.1 Å². The van der Waals surface area contributed by atoms with Crippen LogP contribution in [-0.4, -0.2) is 128 Å². The van der Waals surface area contributed by atoms with E-state index in [9.17, 15) is 45.3 Å². The van der Waals surface area contributed by atoms with Crippen LogP contribution in [0.3, 0.4) is 0 Å². The number of ether oxygens (including phenoxy) is 4. The maximum absolute atomic E-state index is 13.1. The Balaban J connectivity index is 1.11. The first-order valence-corrected chi connectivity index (χ1v) is 21.8. The summed E-state index contributed by atoms with van der Waals surface area (Å²) in [4.78, 5) is 25.5. The van der Waals surface area contributed by atoms with Crippen molar-refractivity contribution in [2.24, 2.45) is 50.2 Å². The average molecular weight is 822 g/mol. The topological polar surface area (TPSA) is 225 Å². The van der Waals surface area contributed by atoms with Gasteiger partial charge in [-0.3, -0.25) is 9.59 Å². The molecule has 5 aliphatic carbocycles. The van der Waals surface area contributed by atoms with Gasteiger partial charge in [-0.05, 0) is 109 Å². The van der Waals surface area contributed by atoms with E-state index < -0.39 is 91.9 Å². The minimum atomic E-state index is -1.66. The molecule has 0 aromatic rings. The number of aliphatic hydroxyl groups excluding tert-OH is 6. The number of carboxylic acid groups (broad SMARTS) is 1.